The van der Waals surface area contributed by atoms with Gasteiger partial charge in [0.1, 0.15) is 0 Å². The number of rotatable bonds is 2. The summed E-state index contributed by atoms with van der Waals surface area (Å²) in [5, 5.41) is 3.37. The molecule has 0 bridgehead atoms. The fraction of sp³-hybridized carbons (Fsp3) is 0.846. The first-order valence-electron chi connectivity index (χ1n) is 6.24. The van der Waals surface area contributed by atoms with Crippen LogP contribution in [0.25, 0.3) is 0 Å². The van der Waals surface area contributed by atoms with Crippen LogP contribution < -0.4 is 5.32 Å². The van der Waals surface area contributed by atoms with E-state index in [1.165, 1.54) is 32.1 Å². The van der Waals surface area contributed by atoms with Crippen LogP contribution in [-0.4, -0.2) is 13.1 Å². The van der Waals surface area contributed by atoms with E-state index in [2.05, 4.69) is 25.2 Å². The van der Waals surface area contributed by atoms with Crippen LogP contribution in [0.5, 0.6) is 0 Å². The van der Waals surface area contributed by atoms with Gasteiger partial charge in [-0.1, -0.05) is 33.1 Å². The number of hydrogen-bond acceptors (Lipinski definition) is 1. The zero-order valence-electron chi connectivity index (χ0n) is 10.5. The third-order valence-electron chi connectivity index (χ3n) is 3.45. The molecule has 2 aliphatic carbocycles. The Labute approximate surface area is 121 Å². The Kier molecular flexibility index (Phi) is 9.78. The fourth-order valence-electron chi connectivity index (χ4n) is 2.64. The van der Waals surface area contributed by atoms with E-state index in [0.717, 1.165) is 17.9 Å². The molecule has 2 saturated carbocycles. The van der Waals surface area contributed by atoms with Gasteiger partial charge in [-0.3, -0.25) is 0 Å². The minimum absolute atomic E-state index is 0. The molecular weight excluding hydrogens is 259 g/mol. The Morgan fingerprint density at radius 2 is 1.87 bits per heavy atom. The Bertz CT molecular complexity index is 143. The SMILES string of the molecule is CC.CNC1C[CH-]C(C2[CH-]CCC2)C1.[Y]. The molecule has 2 heteroatoms. The van der Waals surface area contributed by atoms with E-state index < -0.39 is 0 Å². The predicted octanol–water partition coefficient (Wildman–Crippen LogP) is 3.22. The maximum atomic E-state index is 3.37. The van der Waals surface area contributed by atoms with Crippen molar-refractivity contribution in [2.75, 3.05) is 7.05 Å². The maximum absolute atomic E-state index is 3.37. The van der Waals surface area contributed by atoms with E-state index in [9.17, 15) is 0 Å². The molecule has 1 N–H and O–H groups in total. The molecule has 1 nitrogen and oxygen atoms in total. The van der Waals surface area contributed by atoms with Crippen LogP contribution >= 0.6 is 0 Å². The molecule has 0 aromatic heterocycles. The van der Waals surface area contributed by atoms with Crippen molar-refractivity contribution in [2.24, 2.45) is 11.8 Å². The normalized spacial score (nSPS) is 34.2. The van der Waals surface area contributed by atoms with E-state index in [1.807, 2.05) is 13.8 Å². The molecule has 2 fully saturated rings. The van der Waals surface area contributed by atoms with Gasteiger partial charge >= 0.3 is 0 Å². The summed E-state index contributed by atoms with van der Waals surface area (Å²) in [5.41, 5.74) is 0. The Morgan fingerprint density at radius 1 is 1.13 bits per heavy atom. The third-order valence-corrected chi connectivity index (χ3v) is 3.45. The van der Waals surface area contributed by atoms with Gasteiger partial charge in [0.2, 0.25) is 0 Å². The number of nitrogens with one attached hydrogen (secondary N) is 1. The van der Waals surface area contributed by atoms with Gasteiger partial charge in [-0.25, -0.2) is 0 Å². The summed E-state index contributed by atoms with van der Waals surface area (Å²) in [4.78, 5) is 0. The minimum Gasteiger partial charge on any atom is -0.328 e. The summed E-state index contributed by atoms with van der Waals surface area (Å²) in [6, 6.07) is 0.768. The van der Waals surface area contributed by atoms with Crippen molar-refractivity contribution >= 4 is 0 Å². The molecule has 3 atom stereocenters. The zero-order valence-corrected chi connectivity index (χ0v) is 13.3. The topological polar surface area (TPSA) is 12.0 Å². The fourth-order valence-corrected chi connectivity index (χ4v) is 2.64. The van der Waals surface area contributed by atoms with E-state index in [4.69, 9.17) is 0 Å². The largest absolute Gasteiger partial charge is 0.328 e. The van der Waals surface area contributed by atoms with Gasteiger partial charge in [-0.15, -0.1) is 0 Å². The molecule has 87 valence electrons. The van der Waals surface area contributed by atoms with Gasteiger partial charge in [0, 0.05) is 32.7 Å². The van der Waals surface area contributed by atoms with Crippen molar-refractivity contribution in [1.82, 2.24) is 5.32 Å². The maximum Gasteiger partial charge on any atom is 0 e. The van der Waals surface area contributed by atoms with E-state index in [0.29, 0.717) is 0 Å². The van der Waals surface area contributed by atoms with Gasteiger partial charge < -0.3 is 18.2 Å². The third kappa shape index (κ3) is 4.83. The molecular formula is C13H25NY-2. The van der Waals surface area contributed by atoms with Crippen LogP contribution in [0.1, 0.15) is 46.0 Å². The molecule has 3 unspecified atom stereocenters. The van der Waals surface area contributed by atoms with Crippen molar-refractivity contribution < 1.29 is 32.7 Å². The molecule has 15 heavy (non-hydrogen) atoms. The van der Waals surface area contributed by atoms with Crippen LogP contribution in [-0.2, 0) is 32.7 Å². The number of hydrogen-bond donors (Lipinski definition) is 1. The van der Waals surface area contributed by atoms with Crippen molar-refractivity contribution in [2.45, 2.75) is 52.0 Å². The van der Waals surface area contributed by atoms with E-state index in [1.54, 1.807) is 0 Å². The molecule has 2 rings (SSSR count). The van der Waals surface area contributed by atoms with Crippen LogP contribution in [0.4, 0.5) is 0 Å². The molecule has 0 aliphatic heterocycles. The quantitative estimate of drug-likeness (QED) is 0.768. The van der Waals surface area contributed by atoms with Crippen LogP contribution in [0, 0.1) is 24.7 Å². The second-order valence-corrected chi connectivity index (χ2v) is 4.19. The first kappa shape index (κ1) is 16.1. The van der Waals surface area contributed by atoms with Gasteiger partial charge in [-0.2, -0.15) is 24.7 Å². The van der Waals surface area contributed by atoms with Crippen molar-refractivity contribution in [1.29, 1.82) is 0 Å². The van der Waals surface area contributed by atoms with Crippen LogP contribution in [0.3, 0.4) is 0 Å². The Morgan fingerprint density at radius 3 is 2.33 bits per heavy atom. The van der Waals surface area contributed by atoms with Crippen LogP contribution in [0.2, 0.25) is 0 Å². The first-order chi connectivity index (χ1) is 6.90. The average Bonchev–Trinajstić information content (AvgIpc) is 2.91. The average molecular weight is 284 g/mol. The molecule has 0 heterocycles. The summed E-state index contributed by atoms with van der Waals surface area (Å²) < 4.78 is 0. The van der Waals surface area contributed by atoms with Crippen LogP contribution in [0.15, 0.2) is 0 Å². The van der Waals surface area contributed by atoms with Crippen molar-refractivity contribution in [3.63, 3.8) is 0 Å². The van der Waals surface area contributed by atoms with E-state index in [-0.39, 0.29) is 32.7 Å². The summed E-state index contributed by atoms with van der Waals surface area (Å²) >= 11 is 0. The molecule has 0 aromatic carbocycles. The molecule has 0 aromatic rings. The van der Waals surface area contributed by atoms with Crippen molar-refractivity contribution in [3.05, 3.63) is 12.8 Å². The summed E-state index contributed by atoms with van der Waals surface area (Å²) in [5.74, 6) is 1.81. The molecule has 1 radical (unpaired) electrons. The minimum atomic E-state index is 0. The molecule has 2 aliphatic rings. The summed E-state index contributed by atoms with van der Waals surface area (Å²) in [7, 11) is 2.08. The van der Waals surface area contributed by atoms with Crippen molar-refractivity contribution in [3.8, 4) is 0 Å². The Balaban J connectivity index is 0.000000617. The van der Waals surface area contributed by atoms with Gasteiger partial charge in [0.15, 0.2) is 0 Å². The second-order valence-electron chi connectivity index (χ2n) is 4.19. The van der Waals surface area contributed by atoms with Gasteiger partial charge in [-0.05, 0) is 13.1 Å². The first-order valence-corrected chi connectivity index (χ1v) is 6.24. The van der Waals surface area contributed by atoms with Gasteiger partial charge in [0.25, 0.3) is 0 Å². The molecule has 0 spiro atoms. The Hall–Kier alpha value is 1.06. The smallest absolute Gasteiger partial charge is 0 e. The van der Waals surface area contributed by atoms with Gasteiger partial charge in [0.05, 0.1) is 0 Å². The van der Waals surface area contributed by atoms with E-state index >= 15 is 0 Å². The summed E-state index contributed by atoms with van der Waals surface area (Å²) in [6.45, 7) is 4.00. The standard InChI is InChI=1S/C11H19N.C2H6.Y/c1-12-11-7-6-10(8-11)9-4-2-3-5-9;1-2;/h4,6,9-12H,2-3,5,7-8H2,1H3;1-2H3;/q-2;;. The molecule has 0 saturated heterocycles. The summed E-state index contributed by atoms with van der Waals surface area (Å²) in [6.07, 6.45) is 12.0. The monoisotopic (exact) mass is 284 g/mol. The zero-order chi connectivity index (χ0) is 10.4. The second kappa shape index (κ2) is 9.13. The predicted molar refractivity (Wildman–Crippen MR) is 62.9 cm³/mol. The molecule has 0 amide bonds.